The summed E-state index contributed by atoms with van der Waals surface area (Å²) >= 11 is 0. The molecule has 2 aromatic heterocycles. The summed E-state index contributed by atoms with van der Waals surface area (Å²) in [5, 5.41) is 5.21. The minimum absolute atomic E-state index is 0.0289. The molecule has 3 heterocycles. The molecule has 1 unspecified atom stereocenters. The Morgan fingerprint density at radius 1 is 1.21 bits per heavy atom. The summed E-state index contributed by atoms with van der Waals surface area (Å²) < 4.78 is 11.2. The number of nitrogens with zero attached hydrogens (tertiary/aromatic N) is 3. The largest absolute Gasteiger partial charge is 0.492 e. The van der Waals surface area contributed by atoms with Gasteiger partial charge in [0.25, 0.3) is 5.89 Å². The van der Waals surface area contributed by atoms with E-state index in [1.54, 1.807) is 4.90 Å². The second-order valence-electron chi connectivity index (χ2n) is 7.01. The van der Waals surface area contributed by atoms with Crippen molar-refractivity contribution in [1.29, 1.82) is 0 Å². The van der Waals surface area contributed by atoms with Gasteiger partial charge in [0.1, 0.15) is 5.75 Å². The van der Waals surface area contributed by atoms with Crippen LogP contribution in [-0.2, 0) is 4.79 Å². The lowest BCUT2D eigenvalue weighted by molar-refractivity contribution is -0.117. The second kappa shape index (κ2) is 7.09. The quantitative estimate of drug-likeness (QED) is 0.555. The fourth-order valence-electron chi connectivity index (χ4n) is 3.85. The number of aromatic nitrogens is 3. The molecule has 1 aliphatic heterocycles. The fourth-order valence-corrected chi connectivity index (χ4v) is 3.85. The van der Waals surface area contributed by atoms with E-state index in [9.17, 15) is 4.79 Å². The summed E-state index contributed by atoms with van der Waals surface area (Å²) in [6.45, 7) is 2.97. The van der Waals surface area contributed by atoms with Crippen molar-refractivity contribution in [1.82, 2.24) is 15.1 Å². The van der Waals surface area contributed by atoms with E-state index in [2.05, 4.69) is 15.1 Å². The number of rotatable bonds is 5. The topological polar surface area (TPSA) is 84.2 Å². The summed E-state index contributed by atoms with van der Waals surface area (Å²) in [5.41, 5.74) is 2.67. The van der Waals surface area contributed by atoms with E-state index in [1.165, 1.54) is 0 Å². The number of para-hydroxylation sites is 2. The number of ether oxygens (including phenoxy) is 1. The van der Waals surface area contributed by atoms with Crippen LogP contribution in [0.25, 0.3) is 22.4 Å². The van der Waals surface area contributed by atoms with Gasteiger partial charge < -0.3 is 19.1 Å². The van der Waals surface area contributed by atoms with Crippen LogP contribution in [-0.4, -0.2) is 34.2 Å². The lowest BCUT2D eigenvalue weighted by Gasteiger charge is -2.19. The molecular formula is C22H20N4O3. The zero-order valence-corrected chi connectivity index (χ0v) is 16.0. The average molecular weight is 388 g/mol. The second-order valence-corrected chi connectivity index (χ2v) is 7.01. The third-order valence-electron chi connectivity index (χ3n) is 5.21. The molecule has 7 heteroatoms. The number of hydrogen-bond donors (Lipinski definition) is 1. The molecule has 1 N–H and O–H groups in total. The SMILES string of the molecule is CCOc1ccccc1N1CC(c2noc(-c3cccc4[nH]ccc34)n2)CC1=O. The normalized spacial score (nSPS) is 16.7. The molecule has 0 bridgehead atoms. The summed E-state index contributed by atoms with van der Waals surface area (Å²) in [6.07, 6.45) is 2.22. The molecule has 1 aliphatic rings. The zero-order valence-electron chi connectivity index (χ0n) is 16.0. The number of benzene rings is 2. The van der Waals surface area contributed by atoms with Crippen molar-refractivity contribution in [3.05, 3.63) is 60.6 Å². The van der Waals surface area contributed by atoms with E-state index in [1.807, 2.05) is 61.7 Å². The molecule has 1 amide bonds. The van der Waals surface area contributed by atoms with Gasteiger partial charge in [-0.25, -0.2) is 0 Å². The summed E-state index contributed by atoms with van der Waals surface area (Å²) in [7, 11) is 0. The van der Waals surface area contributed by atoms with Crippen molar-refractivity contribution < 1.29 is 14.1 Å². The van der Waals surface area contributed by atoms with Gasteiger partial charge in [-0.2, -0.15) is 4.98 Å². The Kier molecular flexibility index (Phi) is 4.27. The monoisotopic (exact) mass is 388 g/mol. The molecule has 0 radical (unpaired) electrons. The van der Waals surface area contributed by atoms with E-state index >= 15 is 0 Å². The van der Waals surface area contributed by atoms with Gasteiger partial charge in [-0.15, -0.1) is 0 Å². The fraction of sp³-hybridized carbons (Fsp3) is 0.227. The average Bonchev–Trinajstić information content (AvgIpc) is 3.47. The van der Waals surface area contributed by atoms with Crippen LogP contribution in [0, 0.1) is 0 Å². The number of H-pyrrole nitrogens is 1. The van der Waals surface area contributed by atoms with Crippen LogP contribution in [0.3, 0.4) is 0 Å². The van der Waals surface area contributed by atoms with E-state index in [0.717, 1.165) is 22.2 Å². The summed E-state index contributed by atoms with van der Waals surface area (Å²) in [5.74, 6) is 1.63. The molecule has 1 atom stereocenters. The molecular weight excluding hydrogens is 368 g/mol. The van der Waals surface area contributed by atoms with Crippen LogP contribution in [0.5, 0.6) is 5.75 Å². The molecule has 146 valence electrons. The van der Waals surface area contributed by atoms with Gasteiger partial charge in [-0.3, -0.25) is 4.79 Å². The van der Waals surface area contributed by atoms with E-state index in [-0.39, 0.29) is 11.8 Å². The Bertz CT molecular complexity index is 1180. The van der Waals surface area contributed by atoms with Crippen molar-refractivity contribution in [2.24, 2.45) is 0 Å². The van der Waals surface area contributed by atoms with Crippen LogP contribution in [0.1, 0.15) is 25.1 Å². The summed E-state index contributed by atoms with van der Waals surface area (Å²) in [6, 6.07) is 15.5. The molecule has 5 rings (SSSR count). The van der Waals surface area contributed by atoms with Crippen molar-refractivity contribution in [3.63, 3.8) is 0 Å². The van der Waals surface area contributed by atoms with Crippen molar-refractivity contribution in [2.75, 3.05) is 18.1 Å². The first-order chi connectivity index (χ1) is 14.2. The number of carbonyl (C=O) groups is 1. The van der Waals surface area contributed by atoms with Crippen LogP contribution < -0.4 is 9.64 Å². The molecule has 0 saturated carbocycles. The number of nitrogens with one attached hydrogen (secondary N) is 1. The van der Waals surface area contributed by atoms with Gasteiger partial charge in [0.15, 0.2) is 5.82 Å². The minimum atomic E-state index is -0.125. The van der Waals surface area contributed by atoms with Gasteiger partial charge in [-0.1, -0.05) is 23.4 Å². The highest BCUT2D eigenvalue weighted by Gasteiger charge is 2.35. The maximum atomic E-state index is 12.7. The highest BCUT2D eigenvalue weighted by atomic mass is 16.5. The number of hydrogen-bond acceptors (Lipinski definition) is 5. The Hall–Kier alpha value is -3.61. The van der Waals surface area contributed by atoms with Gasteiger partial charge in [-0.05, 0) is 37.3 Å². The number of amides is 1. The Morgan fingerprint density at radius 2 is 2.10 bits per heavy atom. The first-order valence-electron chi connectivity index (χ1n) is 9.67. The van der Waals surface area contributed by atoms with E-state index in [0.29, 0.717) is 37.0 Å². The van der Waals surface area contributed by atoms with Crippen molar-refractivity contribution in [2.45, 2.75) is 19.3 Å². The molecule has 1 saturated heterocycles. The standard InChI is InChI=1S/C22H20N4O3/c1-2-28-19-9-4-3-8-18(19)26-13-14(12-20(26)27)21-24-22(29-25-21)16-6-5-7-17-15(16)10-11-23-17/h3-11,14,23H,2,12-13H2,1H3. The Balaban J connectivity index is 1.42. The predicted octanol–water partition coefficient (Wildman–Crippen LogP) is 4.14. The first-order valence-corrected chi connectivity index (χ1v) is 9.67. The highest BCUT2D eigenvalue weighted by Crippen LogP contribution is 2.36. The van der Waals surface area contributed by atoms with Crippen LogP contribution >= 0.6 is 0 Å². The smallest absolute Gasteiger partial charge is 0.258 e. The maximum Gasteiger partial charge on any atom is 0.258 e. The number of aromatic amines is 1. The molecule has 4 aromatic rings. The molecule has 0 aliphatic carbocycles. The van der Waals surface area contributed by atoms with Crippen LogP contribution in [0.4, 0.5) is 5.69 Å². The highest BCUT2D eigenvalue weighted by molar-refractivity contribution is 5.98. The lowest BCUT2D eigenvalue weighted by atomic mass is 10.1. The maximum absolute atomic E-state index is 12.7. The predicted molar refractivity (Wildman–Crippen MR) is 109 cm³/mol. The number of fused-ring (bicyclic) bond motifs is 1. The Morgan fingerprint density at radius 3 is 3.00 bits per heavy atom. The molecule has 1 fully saturated rings. The van der Waals surface area contributed by atoms with Crippen molar-refractivity contribution >= 4 is 22.5 Å². The lowest BCUT2D eigenvalue weighted by Crippen LogP contribution is -2.25. The molecule has 0 spiro atoms. The van der Waals surface area contributed by atoms with E-state index < -0.39 is 0 Å². The first kappa shape index (κ1) is 17.5. The zero-order chi connectivity index (χ0) is 19.8. The van der Waals surface area contributed by atoms with Crippen LogP contribution in [0.2, 0.25) is 0 Å². The van der Waals surface area contributed by atoms with Crippen LogP contribution in [0.15, 0.2) is 59.3 Å². The molecule has 2 aromatic carbocycles. The number of carbonyl (C=O) groups excluding carboxylic acids is 1. The van der Waals surface area contributed by atoms with Gasteiger partial charge in [0.2, 0.25) is 5.91 Å². The molecule has 7 nitrogen and oxygen atoms in total. The van der Waals surface area contributed by atoms with Gasteiger partial charge >= 0.3 is 0 Å². The van der Waals surface area contributed by atoms with E-state index in [4.69, 9.17) is 9.26 Å². The third-order valence-corrected chi connectivity index (χ3v) is 5.21. The van der Waals surface area contributed by atoms with Gasteiger partial charge in [0.05, 0.1) is 12.3 Å². The Labute approximate surface area is 167 Å². The van der Waals surface area contributed by atoms with Crippen molar-refractivity contribution in [3.8, 4) is 17.2 Å². The summed E-state index contributed by atoms with van der Waals surface area (Å²) in [4.78, 5) is 22.3. The van der Waals surface area contributed by atoms with Gasteiger partial charge in [0, 0.05) is 41.5 Å². The number of anilines is 1. The molecule has 29 heavy (non-hydrogen) atoms. The minimum Gasteiger partial charge on any atom is -0.492 e. The third kappa shape index (κ3) is 3.04.